The number of pyridine rings is 1. The number of aromatic nitrogens is 3. The molecular weight excluding hydrogens is 410 g/mol. The Bertz CT molecular complexity index is 1160. The topological polar surface area (TPSA) is 82.2 Å². The molecule has 0 saturated carbocycles. The zero-order chi connectivity index (χ0) is 21.4. The molecule has 0 bridgehead atoms. The Kier molecular flexibility index (Phi) is 5.41. The van der Waals surface area contributed by atoms with Crippen molar-refractivity contribution in [2.75, 3.05) is 13.1 Å². The van der Waals surface area contributed by atoms with Crippen LogP contribution in [0.25, 0.3) is 0 Å². The predicted molar refractivity (Wildman–Crippen MR) is 119 cm³/mol. The Morgan fingerprint density at radius 2 is 2.13 bits per heavy atom. The van der Waals surface area contributed by atoms with Gasteiger partial charge < -0.3 is 9.88 Å². The largest absolute Gasteiger partial charge is 0.332 e. The molecular formula is C23H25N5O2S. The number of amides is 1. The van der Waals surface area contributed by atoms with Crippen molar-refractivity contribution in [1.29, 1.82) is 0 Å². The minimum absolute atomic E-state index is 0.0491. The van der Waals surface area contributed by atoms with Crippen LogP contribution in [-0.4, -0.2) is 43.7 Å². The lowest BCUT2D eigenvalue weighted by Crippen LogP contribution is -2.40. The fourth-order valence-corrected chi connectivity index (χ4v) is 5.31. The van der Waals surface area contributed by atoms with E-state index in [2.05, 4.69) is 33.2 Å². The highest BCUT2D eigenvalue weighted by Gasteiger charge is 2.31. The van der Waals surface area contributed by atoms with Gasteiger partial charge in [-0.15, -0.1) is 11.3 Å². The van der Waals surface area contributed by atoms with Crippen molar-refractivity contribution in [1.82, 2.24) is 24.8 Å². The van der Waals surface area contributed by atoms with E-state index >= 15 is 0 Å². The quantitative estimate of drug-likeness (QED) is 0.681. The number of fused-ring (bicyclic) bond motifs is 1. The summed E-state index contributed by atoms with van der Waals surface area (Å²) in [6.07, 6.45) is 5.83. The SMILES string of the molecule is Cc1cc(CN2CCC[C@H]2c2nc3c(c(=O)[nH]2)CCN(C(=O)c2ccncc2)C3)cs1. The molecule has 0 aliphatic carbocycles. The molecule has 1 saturated heterocycles. The number of hydrogen-bond donors (Lipinski definition) is 1. The van der Waals surface area contributed by atoms with Crippen LogP contribution < -0.4 is 5.56 Å². The van der Waals surface area contributed by atoms with Gasteiger partial charge >= 0.3 is 0 Å². The first-order chi connectivity index (χ1) is 15.1. The summed E-state index contributed by atoms with van der Waals surface area (Å²) in [6, 6.07) is 5.77. The maximum Gasteiger partial charge on any atom is 0.254 e. The van der Waals surface area contributed by atoms with Crippen LogP contribution in [0.4, 0.5) is 0 Å². The lowest BCUT2D eigenvalue weighted by atomic mass is 10.0. The molecule has 2 aliphatic heterocycles. The lowest BCUT2D eigenvalue weighted by Gasteiger charge is -2.29. The number of carbonyl (C=O) groups is 1. The van der Waals surface area contributed by atoms with E-state index in [9.17, 15) is 9.59 Å². The first-order valence-electron chi connectivity index (χ1n) is 10.7. The molecule has 0 aromatic carbocycles. The zero-order valence-corrected chi connectivity index (χ0v) is 18.3. The van der Waals surface area contributed by atoms with Crippen molar-refractivity contribution in [3.63, 3.8) is 0 Å². The molecule has 8 heteroatoms. The summed E-state index contributed by atoms with van der Waals surface area (Å²) in [7, 11) is 0. The van der Waals surface area contributed by atoms with Gasteiger partial charge in [0.05, 0.1) is 18.3 Å². The van der Waals surface area contributed by atoms with Gasteiger partial charge in [-0.05, 0) is 61.9 Å². The summed E-state index contributed by atoms with van der Waals surface area (Å²) in [5.41, 5.74) is 3.29. The van der Waals surface area contributed by atoms with E-state index in [0.29, 0.717) is 30.6 Å². The number of thiophene rings is 1. The van der Waals surface area contributed by atoms with Crippen molar-refractivity contribution >= 4 is 17.2 Å². The molecule has 1 atom stereocenters. The van der Waals surface area contributed by atoms with E-state index in [0.717, 1.165) is 37.4 Å². The molecule has 1 amide bonds. The summed E-state index contributed by atoms with van der Waals surface area (Å²) in [6.45, 7) is 4.86. The smallest absolute Gasteiger partial charge is 0.254 e. The number of aromatic amines is 1. The molecule has 7 nitrogen and oxygen atoms in total. The van der Waals surface area contributed by atoms with E-state index in [1.807, 2.05) is 0 Å². The minimum atomic E-state index is -0.0609. The van der Waals surface area contributed by atoms with Crippen molar-refractivity contribution in [3.05, 3.63) is 79.4 Å². The van der Waals surface area contributed by atoms with Gasteiger partial charge in [0.1, 0.15) is 5.82 Å². The first-order valence-corrected chi connectivity index (χ1v) is 11.6. The van der Waals surface area contributed by atoms with E-state index < -0.39 is 0 Å². The summed E-state index contributed by atoms with van der Waals surface area (Å²) < 4.78 is 0. The van der Waals surface area contributed by atoms with Gasteiger partial charge in [-0.2, -0.15) is 0 Å². The molecule has 1 N–H and O–H groups in total. The van der Waals surface area contributed by atoms with Gasteiger partial charge in [0, 0.05) is 41.5 Å². The van der Waals surface area contributed by atoms with E-state index in [-0.39, 0.29) is 17.5 Å². The zero-order valence-electron chi connectivity index (χ0n) is 17.5. The summed E-state index contributed by atoms with van der Waals surface area (Å²) in [5.74, 6) is 0.679. The number of hydrogen-bond acceptors (Lipinski definition) is 6. The van der Waals surface area contributed by atoms with Crippen LogP contribution in [0.15, 0.2) is 40.8 Å². The Balaban J connectivity index is 1.39. The van der Waals surface area contributed by atoms with Crippen LogP contribution in [0.3, 0.4) is 0 Å². The predicted octanol–water partition coefficient (Wildman–Crippen LogP) is 3.07. The monoisotopic (exact) mass is 435 g/mol. The summed E-state index contributed by atoms with van der Waals surface area (Å²) >= 11 is 1.77. The number of carbonyl (C=O) groups excluding carboxylic acids is 1. The van der Waals surface area contributed by atoms with Gasteiger partial charge in [0.25, 0.3) is 11.5 Å². The van der Waals surface area contributed by atoms with Crippen molar-refractivity contribution in [2.45, 2.75) is 45.3 Å². The highest BCUT2D eigenvalue weighted by atomic mass is 32.1. The fourth-order valence-electron chi connectivity index (χ4n) is 4.61. The Morgan fingerprint density at radius 1 is 1.29 bits per heavy atom. The second-order valence-electron chi connectivity index (χ2n) is 8.28. The van der Waals surface area contributed by atoms with Gasteiger partial charge in [-0.25, -0.2) is 4.98 Å². The van der Waals surface area contributed by atoms with Crippen LogP contribution in [0.1, 0.15) is 56.8 Å². The van der Waals surface area contributed by atoms with Crippen LogP contribution in [0.5, 0.6) is 0 Å². The second-order valence-corrected chi connectivity index (χ2v) is 9.40. The molecule has 3 aromatic heterocycles. The molecule has 3 aromatic rings. The maximum absolute atomic E-state index is 12.9. The van der Waals surface area contributed by atoms with E-state index in [1.165, 1.54) is 10.4 Å². The Hall–Kier alpha value is -2.84. The van der Waals surface area contributed by atoms with Gasteiger partial charge in [-0.1, -0.05) is 0 Å². The van der Waals surface area contributed by atoms with Crippen molar-refractivity contribution in [3.8, 4) is 0 Å². The average Bonchev–Trinajstić information content (AvgIpc) is 3.42. The van der Waals surface area contributed by atoms with Gasteiger partial charge in [-0.3, -0.25) is 19.5 Å². The van der Waals surface area contributed by atoms with Gasteiger partial charge in [0.2, 0.25) is 0 Å². The highest BCUT2D eigenvalue weighted by Crippen LogP contribution is 2.32. The molecule has 0 spiro atoms. The molecule has 5 heterocycles. The maximum atomic E-state index is 12.9. The summed E-state index contributed by atoms with van der Waals surface area (Å²) in [5, 5.41) is 2.20. The van der Waals surface area contributed by atoms with Crippen LogP contribution in [0.2, 0.25) is 0 Å². The van der Waals surface area contributed by atoms with E-state index in [1.54, 1.807) is 40.8 Å². The number of nitrogens with zero attached hydrogens (tertiary/aromatic N) is 4. The third-order valence-electron chi connectivity index (χ3n) is 6.16. The van der Waals surface area contributed by atoms with Crippen molar-refractivity contribution < 1.29 is 4.79 Å². The minimum Gasteiger partial charge on any atom is -0.332 e. The Morgan fingerprint density at radius 3 is 2.90 bits per heavy atom. The number of likely N-dealkylation sites (tertiary alicyclic amines) is 1. The average molecular weight is 436 g/mol. The first kappa shape index (κ1) is 20.1. The van der Waals surface area contributed by atoms with Crippen LogP contribution in [0, 0.1) is 6.92 Å². The summed E-state index contributed by atoms with van der Waals surface area (Å²) in [4.78, 5) is 43.1. The van der Waals surface area contributed by atoms with Crippen LogP contribution >= 0.6 is 11.3 Å². The molecule has 0 unspecified atom stereocenters. The molecule has 0 radical (unpaired) electrons. The van der Waals surface area contributed by atoms with Crippen LogP contribution in [-0.2, 0) is 19.5 Å². The molecule has 31 heavy (non-hydrogen) atoms. The van der Waals surface area contributed by atoms with E-state index in [4.69, 9.17) is 4.98 Å². The third kappa shape index (κ3) is 4.05. The second kappa shape index (κ2) is 8.36. The number of nitrogens with one attached hydrogen (secondary N) is 1. The number of H-pyrrole nitrogens is 1. The molecule has 5 rings (SSSR count). The molecule has 2 aliphatic rings. The van der Waals surface area contributed by atoms with Crippen molar-refractivity contribution in [2.24, 2.45) is 0 Å². The third-order valence-corrected chi connectivity index (χ3v) is 7.07. The molecule has 160 valence electrons. The lowest BCUT2D eigenvalue weighted by molar-refractivity contribution is 0.0730. The number of aryl methyl sites for hydroxylation is 1. The normalized spacial score (nSPS) is 18.9. The standard InChI is InChI=1S/C23H25N5O2S/c1-15-11-16(14-31-15)12-27-9-2-3-20(27)21-25-19-13-28(10-6-18(19)22(29)26-21)23(30)17-4-7-24-8-5-17/h4-5,7-8,11,14,20H,2-3,6,9-10,12-13H2,1H3,(H,25,26,29)/t20-/m0/s1. The number of rotatable bonds is 4. The highest BCUT2D eigenvalue weighted by molar-refractivity contribution is 7.10. The molecule has 1 fully saturated rings. The fraction of sp³-hybridized carbons (Fsp3) is 0.391. The van der Waals surface area contributed by atoms with Gasteiger partial charge in [0.15, 0.2) is 0 Å². The Labute approximate surface area is 184 Å².